The lowest BCUT2D eigenvalue weighted by Gasteiger charge is -2.29. The molecule has 2 nitrogen and oxygen atoms in total. The number of aliphatic hydroxyl groups is 1. The second-order valence-electron chi connectivity index (χ2n) is 4.04. The van der Waals surface area contributed by atoms with E-state index in [4.69, 9.17) is 16.3 Å². The summed E-state index contributed by atoms with van der Waals surface area (Å²) in [7, 11) is 0. The summed E-state index contributed by atoms with van der Waals surface area (Å²) in [5, 5.41) is 10.1. The summed E-state index contributed by atoms with van der Waals surface area (Å²) in [5.74, 6) is 0.728. The number of rotatable bonds is 4. The molecule has 1 aliphatic heterocycles. The molecule has 3 heteroatoms. The fraction of sp³-hybridized carbons (Fsp3) is 0.500. The molecule has 0 amide bonds. The number of ether oxygens (including phenoxy) is 1. The minimum Gasteiger partial charge on any atom is -0.396 e. The van der Waals surface area contributed by atoms with Crippen LogP contribution in [0.2, 0.25) is 5.02 Å². The largest absolute Gasteiger partial charge is 0.396 e. The van der Waals surface area contributed by atoms with Crippen LogP contribution in [0.25, 0.3) is 0 Å². The SMILES string of the molecule is OCC(CC1COC1)c1ccccc1Cl. The Bertz CT molecular complexity index is 323. The topological polar surface area (TPSA) is 29.5 Å². The van der Waals surface area contributed by atoms with Crippen LogP contribution in [0, 0.1) is 5.92 Å². The number of aliphatic hydroxyl groups excluding tert-OH is 1. The van der Waals surface area contributed by atoms with Gasteiger partial charge in [-0.1, -0.05) is 29.8 Å². The van der Waals surface area contributed by atoms with Gasteiger partial charge in [-0.05, 0) is 18.1 Å². The van der Waals surface area contributed by atoms with Crippen molar-refractivity contribution in [1.29, 1.82) is 0 Å². The van der Waals surface area contributed by atoms with Crippen LogP contribution in [0.3, 0.4) is 0 Å². The summed E-state index contributed by atoms with van der Waals surface area (Å²) >= 11 is 6.10. The number of hydrogen-bond donors (Lipinski definition) is 1. The van der Waals surface area contributed by atoms with Gasteiger partial charge in [0, 0.05) is 23.5 Å². The molecule has 0 spiro atoms. The third-order valence-corrected chi connectivity index (χ3v) is 3.23. The molecular formula is C12H15ClO2. The van der Waals surface area contributed by atoms with E-state index in [0.29, 0.717) is 5.92 Å². The van der Waals surface area contributed by atoms with Gasteiger partial charge in [-0.15, -0.1) is 0 Å². The zero-order chi connectivity index (χ0) is 10.7. The highest BCUT2D eigenvalue weighted by molar-refractivity contribution is 6.31. The Balaban J connectivity index is 2.07. The van der Waals surface area contributed by atoms with Crippen LogP contribution in [0.4, 0.5) is 0 Å². The van der Waals surface area contributed by atoms with Gasteiger partial charge in [-0.3, -0.25) is 0 Å². The monoisotopic (exact) mass is 226 g/mol. The highest BCUT2D eigenvalue weighted by Gasteiger charge is 2.24. The molecule has 82 valence electrons. The van der Waals surface area contributed by atoms with Crippen molar-refractivity contribution >= 4 is 11.6 Å². The van der Waals surface area contributed by atoms with Crippen molar-refractivity contribution in [3.8, 4) is 0 Å². The van der Waals surface area contributed by atoms with Crippen LogP contribution in [0.1, 0.15) is 17.9 Å². The molecule has 0 aliphatic carbocycles. The molecule has 1 saturated heterocycles. The first-order valence-electron chi connectivity index (χ1n) is 5.24. The lowest BCUT2D eigenvalue weighted by molar-refractivity contribution is -0.0405. The fourth-order valence-corrected chi connectivity index (χ4v) is 2.22. The van der Waals surface area contributed by atoms with Crippen molar-refractivity contribution in [1.82, 2.24) is 0 Å². The van der Waals surface area contributed by atoms with Crippen LogP contribution < -0.4 is 0 Å². The summed E-state index contributed by atoms with van der Waals surface area (Å²) in [6.07, 6.45) is 0.959. The average Bonchev–Trinajstić information content (AvgIpc) is 2.19. The summed E-state index contributed by atoms with van der Waals surface area (Å²) in [4.78, 5) is 0. The van der Waals surface area contributed by atoms with Crippen LogP contribution in [-0.2, 0) is 4.74 Å². The molecule has 1 aromatic carbocycles. The lowest BCUT2D eigenvalue weighted by atomic mass is 9.88. The molecule has 2 rings (SSSR count). The Hall–Kier alpha value is -0.570. The van der Waals surface area contributed by atoms with Gasteiger partial charge >= 0.3 is 0 Å². The van der Waals surface area contributed by atoms with Gasteiger partial charge in [-0.25, -0.2) is 0 Å². The molecule has 0 saturated carbocycles. The second-order valence-corrected chi connectivity index (χ2v) is 4.45. The number of halogens is 1. The first-order valence-corrected chi connectivity index (χ1v) is 5.62. The fourth-order valence-electron chi connectivity index (χ4n) is 1.93. The highest BCUT2D eigenvalue weighted by atomic mass is 35.5. The maximum atomic E-state index is 9.37. The van der Waals surface area contributed by atoms with Gasteiger partial charge in [0.05, 0.1) is 13.2 Å². The van der Waals surface area contributed by atoms with Gasteiger partial charge in [0.25, 0.3) is 0 Å². The predicted octanol–water partition coefficient (Wildman–Crippen LogP) is 2.45. The Morgan fingerprint density at radius 3 is 2.67 bits per heavy atom. The van der Waals surface area contributed by atoms with E-state index in [1.54, 1.807) is 0 Å². The maximum absolute atomic E-state index is 9.37. The molecular weight excluding hydrogens is 212 g/mol. The highest BCUT2D eigenvalue weighted by Crippen LogP contribution is 2.31. The van der Waals surface area contributed by atoms with E-state index >= 15 is 0 Å². The molecule has 1 fully saturated rings. The molecule has 15 heavy (non-hydrogen) atoms. The van der Waals surface area contributed by atoms with Gasteiger partial charge < -0.3 is 9.84 Å². The van der Waals surface area contributed by atoms with Crippen LogP contribution in [0.15, 0.2) is 24.3 Å². The molecule has 0 radical (unpaired) electrons. The van der Waals surface area contributed by atoms with E-state index in [1.165, 1.54) is 0 Å². The summed E-state index contributed by atoms with van der Waals surface area (Å²) in [5.41, 5.74) is 1.05. The van der Waals surface area contributed by atoms with Crippen LogP contribution in [-0.4, -0.2) is 24.9 Å². The lowest BCUT2D eigenvalue weighted by Crippen LogP contribution is -2.29. The Kier molecular flexibility index (Phi) is 3.62. The summed E-state index contributed by atoms with van der Waals surface area (Å²) in [6.45, 7) is 1.79. The Morgan fingerprint density at radius 2 is 2.13 bits per heavy atom. The van der Waals surface area contributed by atoms with E-state index < -0.39 is 0 Å². The average molecular weight is 227 g/mol. The Morgan fingerprint density at radius 1 is 1.40 bits per heavy atom. The number of hydrogen-bond acceptors (Lipinski definition) is 2. The van der Waals surface area contributed by atoms with Crippen molar-refractivity contribution in [2.24, 2.45) is 5.92 Å². The van der Waals surface area contributed by atoms with Gasteiger partial charge in [0.15, 0.2) is 0 Å². The predicted molar refractivity (Wildman–Crippen MR) is 60.2 cm³/mol. The Labute approximate surface area is 94.8 Å². The molecule has 1 aromatic rings. The quantitative estimate of drug-likeness (QED) is 0.855. The van der Waals surface area contributed by atoms with Gasteiger partial charge in [0.2, 0.25) is 0 Å². The van der Waals surface area contributed by atoms with Crippen molar-refractivity contribution in [3.63, 3.8) is 0 Å². The van der Waals surface area contributed by atoms with E-state index in [2.05, 4.69) is 0 Å². The first kappa shape index (κ1) is 10.9. The molecule has 1 atom stereocenters. The summed E-state index contributed by atoms with van der Waals surface area (Å²) in [6, 6.07) is 7.73. The zero-order valence-corrected chi connectivity index (χ0v) is 9.28. The molecule has 0 bridgehead atoms. The third-order valence-electron chi connectivity index (χ3n) is 2.89. The standard InChI is InChI=1S/C12H15ClO2/c13-12-4-2-1-3-11(12)10(6-14)5-9-7-15-8-9/h1-4,9-10,14H,5-8H2. The molecule has 1 N–H and O–H groups in total. The maximum Gasteiger partial charge on any atom is 0.0516 e. The molecule has 1 unspecified atom stereocenters. The van der Waals surface area contributed by atoms with E-state index in [9.17, 15) is 5.11 Å². The number of benzene rings is 1. The van der Waals surface area contributed by atoms with Gasteiger partial charge in [-0.2, -0.15) is 0 Å². The minimum atomic E-state index is 0.146. The van der Waals surface area contributed by atoms with Crippen molar-refractivity contribution in [2.45, 2.75) is 12.3 Å². The first-order chi connectivity index (χ1) is 7.31. The van der Waals surface area contributed by atoms with E-state index in [-0.39, 0.29) is 12.5 Å². The third kappa shape index (κ3) is 2.51. The summed E-state index contributed by atoms with van der Waals surface area (Å²) < 4.78 is 5.13. The van der Waals surface area contributed by atoms with Crippen molar-refractivity contribution in [3.05, 3.63) is 34.9 Å². The van der Waals surface area contributed by atoms with E-state index in [0.717, 1.165) is 30.2 Å². The molecule has 1 heterocycles. The molecule has 1 aliphatic rings. The minimum absolute atomic E-state index is 0.146. The van der Waals surface area contributed by atoms with E-state index in [1.807, 2.05) is 24.3 Å². The van der Waals surface area contributed by atoms with Gasteiger partial charge in [0.1, 0.15) is 0 Å². The second kappa shape index (κ2) is 4.97. The molecule has 0 aromatic heterocycles. The smallest absolute Gasteiger partial charge is 0.0516 e. The zero-order valence-electron chi connectivity index (χ0n) is 8.53. The normalized spacial score (nSPS) is 18.5. The van der Waals surface area contributed by atoms with Crippen LogP contribution in [0.5, 0.6) is 0 Å². The van der Waals surface area contributed by atoms with Crippen molar-refractivity contribution in [2.75, 3.05) is 19.8 Å². The van der Waals surface area contributed by atoms with Crippen LogP contribution >= 0.6 is 11.6 Å². The van der Waals surface area contributed by atoms with Crippen molar-refractivity contribution < 1.29 is 9.84 Å².